The maximum atomic E-state index is 12.3. The lowest BCUT2D eigenvalue weighted by Gasteiger charge is -2.32. The van der Waals surface area contributed by atoms with Gasteiger partial charge in [0.15, 0.2) is 0 Å². The number of hydrogen-bond donors (Lipinski definition) is 1. The molecule has 24 heavy (non-hydrogen) atoms. The molecular weight excluding hydrogens is 302 g/mol. The van der Waals surface area contributed by atoms with Crippen LogP contribution in [-0.4, -0.2) is 61.4 Å². The van der Waals surface area contributed by atoms with Crippen molar-refractivity contribution in [2.45, 2.75) is 32.1 Å². The van der Waals surface area contributed by atoms with Crippen molar-refractivity contribution in [1.29, 1.82) is 0 Å². The summed E-state index contributed by atoms with van der Waals surface area (Å²) < 4.78 is 0. The van der Waals surface area contributed by atoms with E-state index in [1.165, 1.54) is 10.5 Å². The topological polar surface area (TPSA) is 52.7 Å². The van der Waals surface area contributed by atoms with Gasteiger partial charge in [0.25, 0.3) is 0 Å². The average molecular weight is 331 g/mol. The van der Waals surface area contributed by atoms with Crippen molar-refractivity contribution in [2.75, 3.05) is 39.8 Å². The SMILES string of the molecule is CCCNC(=O)CN(C)C(=O)CN1CCC(c2ccccc2)CC1. The summed E-state index contributed by atoms with van der Waals surface area (Å²) in [4.78, 5) is 27.7. The minimum absolute atomic E-state index is 0.0137. The van der Waals surface area contributed by atoms with E-state index in [0.717, 1.165) is 32.4 Å². The normalized spacial score (nSPS) is 15.9. The zero-order valence-corrected chi connectivity index (χ0v) is 14.8. The molecule has 1 N–H and O–H groups in total. The molecule has 1 aliphatic rings. The Kier molecular flexibility index (Phi) is 7.25. The third kappa shape index (κ3) is 5.64. The highest BCUT2D eigenvalue weighted by atomic mass is 16.2. The van der Waals surface area contributed by atoms with Crippen LogP contribution >= 0.6 is 0 Å². The molecule has 0 saturated carbocycles. The molecule has 1 aliphatic heterocycles. The number of likely N-dealkylation sites (N-methyl/N-ethyl adjacent to an activating group) is 1. The summed E-state index contributed by atoms with van der Waals surface area (Å²) in [5.74, 6) is 0.519. The fourth-order valence-electron chi connectivity index (χ4n) is 3.09. The first-order valence-electron chi connectivity index (χ1n) is 8.88. The van der Waals surface area contributed by atoms with Crippen molar-refractivity contribution in [3.05, 3.63) is 35.9 Å². The summed E-state index contributed by atoms with van der Waals surface area (Å²) >= 11 is 0. The number of carbonyl (C=O) groups is 2. The molecule has 1 aromatic rings. The van der Waals surface area contributed by atoms with Crippen LogP contribution in [0.5, 0.6) is 0 Å². The first-order valence-corrected chi connectivity index (χ1v) is 8.88. The Morgan fingerprint density at radius 2 is 1.88 bits per heavy atom. The van der Waals surface area contributed by atoms with Crippen LogP contribution in [0.25, 0.3) is 0 Å². The number of rotatable bonds is 7. The van der Waals surface area contributed by atoms with Crippen LogP contribution in [0.15, 0.2) is 30.3 Å². The fraction of sp³-hybridized carbons (Fsp3) is 0.579. The van der Waals surface area contributed by atoms with Gasteiger partial charge in [0.1, 0.15) is 0 Å². The van der Waals surface area contributed by atoms with Gasteiger partial charge < -0.3 is 10.2 Å². The highest BCUT2D eigenvalue weighted by Crippen LogP contribution is 2.27. The molecule has 0 radical (unpaired) electrons. The lowest BCUT2D eigenvalue weighted by Crippen LogP contribution is -2.45. The lowest BCUT2D eigenvalue weighted by atomic mass is 9.89. The van der Waals surface area contributed by atoms with Crippen molar-refractivity contribution in [2.24, 2.45) is 0 Å². The van der Waals surface area contributed by atoms with Gasteiger partial charge in [-0.1, -0.05) is 37.3 Å². The number of carbonyl (C=O) groups excluding carboxylic acids is 2. The van der Waals surface area contributed by atoms with Crippen molar-refractivity contribution < 1.29 is 9.59 Å². The second-order valence-corrected chi connectivity index (χ2v) is 6.56. The fourth-order valence-corrected chi connectivity index (χ4v) is 3.09. The first kappa shape index (κ1) is 18.5. The van der Waals surface area contributed by atoms with Crippen molar-refractivity contribution in [3.63, 3.8) is 0 Å². The molecule has 0 aliphatic carbocycles. The number of nitrogens with one attached hydrogen (secondary N) is 1. The highest BCUT2D eigenvalue weighted by Gasteiger charge is 2.23. The van der Waals surface area contributed by atoms with Gasteiger partial charge >= 0.3 is 0 Å². The standard InChI is InChI=1S/C19H29N3O2/c1-3-11-20-18(23)14-21(2)19(24)15-22-12-9-17(10-13-22)16-7-5-4-6-8-16/h4-8,17H,3,9-15H2,1-2H3,(H,20,23). The van der Waals surface area contributed by atoms with Crippen LogP contribution in [0, 0.1) is 0 Å². The minimum Gasteiger partial charge on any atom is -0.355 e. The molecule has 0 aromatic heterocycles. The Hall–Kier alpha value is -1.88. The number of nitrogens with zero attached hydrogens (tertiary/aromatic N) is 2. The van der Waals surface area contributed by atoms with E-state index in [1.54, 1.807) is 7.05 Å². The Labute approximate surface area is 145 Å². The molecule has 2 amide bonds. The second-order valence-electron chi connectivity index (χ2n) is 6.56. The Balaban J connectivity index is 1.72. The largest absolute Gasteiger partial charge is 0.355 e. The van der Waals surface area contributed by atoms with Crippen LogP contribution in [0.1, 0.15) is 37.7 Å². The monoisotopic (exact) mass is 331 g/mol. The van der Waals surface area contributed by atoms with Gasteiger partial charge in [-0.05, 0) is 43.8 Å². The van der Waals surface area contributed by atoms with E-state index in [9.17, 15) is 9.59 Å². The van der Waals surface area contributed by atoms with Crippen LogP contribution in [0.4, 0.5) is 0 Å². The van der Waals surface area contributed by atoms with Gasteiger partial charge in [-0.25, -0.2) is 0 Å². The number of likely N-dealkylation sites (tertiary alicyclic amines) is 1. The summed E-state index contributed by atoms with van der Waals surface area (Å²) in [5.41, 5.74) is 1.40. The van der Waals surface area contributed by atoms with E-state index >= 15 is 0 Å². The Bertz CT molecular complexity index is 525. The van der Waals surface area contributed by atoms with Gasteiger partial charge in [0, 0.05) is 13.6 Å². The molecule has 132 valence electrons. The maximum Gasteiger partial charge on any atom is 0.239 e. The number of amides is 2. The quantitative estimate of drug-likeness (QED) is 0.830. The first-order chi connectivity index (χ1) is 11.6. The predicted octanol–water partition coefficient (Wildman–Crippen LogP) is 1.85. The number of hydrogen-bond acceptors (Lipinski definition) is 3. The lowest BCUT2D eigenvalue weighted by molar-refractivity contribution is -0.135. The van der Waals surface area contributed by atoms with Crippen molar-refractivity contribution >= 4 is 11.8 Å². The summed E-state index contributed by atoms with van der Waals surface area (Å²) in [6.45, 7) is 5.07. The zero-order chi connectivity index (χ0) is 17.4. The third-order valence-corrected chi connectivity index (χ3v) is 4.60. The number of piperidine rings is 1. The van der Waals surface area contributed by atoms with E-state index in [1.807, 2.05) is 13.0 Å². The molecule has 5 nitrogen and oxygen atoms in total. The molecule has 0 atom stereocenters. The molecule has 0 bridgehead atoms. The third-order valence-electron chi connectivity index (χ3n) is 4.60. The molecule has 0 spiro atoms. The maximum absolute atomic E-state index is 12.3. The van der Waals surface area contributed by atoms with Gasteiger partial charge in [0.05, 0.1) is 13.1 Å². The van der Waals surface area contributed by atoms with Gasteiger partial charge in [0.2, 0.25) is 11.8 Å². The molecule has 2 rings (SSSR count). The van der Waals surface area contributed by atoms with E-state index in [2.05, 4.69) is 34.5 Å². The predicted molar refractivity (Wildman–Crippen MR) is 95.8 cm³/mol. The van der Waals surface area contributed by atoms with Crippen molar-refractivity contribution in [1.82, 2.24) is 15.1 Å². The van der Waals surface area contributed by atoms with E-state index < -0.39 is 0 Å². The molecule has 0 unspecified atom stereocenters. The molecule has 1 aromatic carbocycles. The zero-order valence-electron chi connectivity index (χ0n) is 14.8. The molecular formula is C19H29N3O2. The van der Waals surface area contributed by atoms with E-state index in [0.29, 0.717) is 19.0 Å². The summed E-state index contributed by atoms with van der Waals surface area (Å²) in [7, 11) is 1.70. The van der Waals surface area contributed by atoms with Crippen LogP contribution < -0.4 is 5.32 Å². The van der Waals surface area contributed by atoms with Crippen LogP contribution in [0.3, 0.4) is 0 Å². The number of benzene rings is 1. The van der Waals surface area contributed by atoms with Gasteiger partial charge in [-0.2, -0.15) is 0 Å². The second kappa shape index (κ2) is 9.42. The smallest absolute Gasteiger partial charge is 0.239 e. The Morgan fingerprint density at radius 1 is 1.21 bits per heavy atom. The van der Waals surface area contributed by atoms with E-state index in [4.69, 9.17) is 0 Å². The summed E-state index contributed by atoms with van der Waals surface area (Å²) in [6.07, 6.45) is 3.07. The summed E-state index contributed by atoms with van der Waals surface area (Å²) in [5, 5.41) is 2.80. The van der Waals surface area contributed by atoms with Gasteiger partial charge in [-0.15, -0.1) is 0 Å². The van der Waals surface area contributed by atoms with Crippen LogP contribution in [-0.2, 0) is 9.59 Å². The molecule has 1 fully saturated rings. The average Bonchev–Trinajstić information content (AvgIpc) is 2.61. The van der Waals surface area contributed by atoms with Crippen LogP contribution in [0.2, 0.25) is 0 Å². The molecule has 1 heterocycles. The highest BCUT2D eigenvalue weighted by molar-refractivity contribution is 5.85. The molecule has 5 heteroatoms. The summed E-state index contributed by atoms with van der Waals surface area (Å²) in [6, 6.07) is 10.6. The molecule has 1 saturated heterocycles. The van der Waals surface area contributed by atoms with Crippen molar-refractivity contribution in [3.8, 4) is 0 Å². The Morgan fingerprint density at radius 3 is 2.50 bits per heavy atom. The van der Waals surface area contributed by atoms with E-state index in [-0.39, 0.29) is 18.4 Å². The minimum atomic E-state index is -0.0875. The van der Waals surface area contributed by atoms with Gasteiger partial charge in [-0.3, -0.25) is 14.5 Å².